The van der Waals surface area contributed by atoms with Crippen molar-refractivity contribution in [2.75, 3.05) is 25.9 Å². The van der Waals surface area contributed by atoms with Crippen LogP contribution in [0.1, 0.15) is 46.1 Å². The molecule has 27 heavy (non-hydrogen) atoms. The fraction of sp³-hybridized carbons (Fsp3) is 0.450. The van der Waals surface area contributed by atoms with Crippen LogP contribution in [0.15, 0.2) is 24.3 Å². The minimum Gasteiger partial charge on any atom is -0.497 e. The maximum Gasteiger partial charge on any atom is 0.273 e. The van der Waals surface area contributed by atoms with E-state index in [1.54, 1.807) is 12.0 Å². The number of aryl methyl sites for hydroxylation is 1. The molecular weight excluding hydrogens is 342 g/mol. The highest BCUT2D eigenvalue weighted by Gasteiger charge is 2.36. The molecule has 2 aromatic rings. The number of methoxy groups -OCH3 is 1. The zero-order valence-corrected chi connectivity index (χ0v) is 15.5. The van der Waals surface area contributed by atoms with Gasteiger partial charge in [0.05, 0.1) is 7.11 Å². The summed E-state index contributed by atoms with van der Waals surface area (Å²) in [5, 5.41) is 0. The number of nitrogen functional groups attached to an aromatic ring is 1. The second-order valence-corrected chi connectivity index (χ2v) is 7.32. The topological polar surface area (TPSA) is 107 Å². The lowest BCUT2D eigenvalue weighted by Gasteiger charge is -2.21. The molecule has 0 spiro atoms. The van der Waals surface area contributed by atoms with Gasteiger partial charge in [-0.25, -0.2) is 9.97 Å². The zero-order chi connectivity index (χ0) is 19.0. The van der Waals surface area contributed by atoms with Crippen LogP contribution in [0.4, 0.5) is 5.95 Å². The van der Waals surface area contributed by atoms with Crippen LogP contribution in [0.2, 0.25) is 0 Å². The fourth-order valence-electron chi connectivity index (χ4n) is 4.14. The van der Waals surface area contributed by atoms with Gasteiger partial charge in [0.25, 0.3) is 5.91 Å². The van der Waals surface area contributed by atoms with Gasteiger partial charge >= 0.3 is 0 Å². The van der Waals surface area contributed by atoms with E-state index in [9.17, 15) is 4.79 Å². The highest BCUT2D eigenvalue weighted by Crippen LogP contribution is 2.30. The number of nitrogens with two attached hydrogens (primary N) is 2. The van der Waals surface area contributed by atoms with Crippen LogP contribution < -0.4 is 16.2 Å². The van der Waals surface area contributed by atoms with Gasteiger partial charge in [-0.3, -0.25) is 4.79 Å². The molecular formula is C20H25N5O2. The maximum atomic E-state index is 13.2. The van der Waals surface area contributed by atoms with Crippen LogP contribution >= 0.6 is 0 Å². The van der Waals surface area contributed by atoms with E-state index in [0.717, 1.165) is 48.3 Å². The van der Waals surface area contributed by atoms with E-state index in [1.165, 1.54) is 0 Å². The molecule has 1 aromatic carbocycles. The van der Waals surface area contributed by atoms with E-state index in [2.05, 4.69) is 9.97 Å². The summed E-state index contributed by atoms with van der Waals surface area (Å²) in [5.41, 5.74) is 15.7. The Morgan fingerprint density at radius 1 is 1.15 bits per heavy atom. The number of likely N-dealkylation sites (tertiary alicyclic amines) is 1. The molecule has 2 aliphatic rings. The summed E-state index contributed by atoms with van der Waals surface area (Å²) in [5.74, 6) is 0.985. The lowest BCUT2D eigenvalue weighted by Crippen LogP contribution is -2.34. The Labute approximate surface area is 158 Å². The number of hydrogen-bond donors (Lipinski definition) is 2. The third-order valence-corrected chi connectivity index (χ3v) is 5.60. The molecule has 142 valence electrons. The number of carbonyl (C=O) groups excluding carboxylic acids is 1. The van der Waals surface area contributed by atoms with Crippen molar-refractivity contribution in [1.29, 1.82) is 0 Å². The van der Waals surface area contributed by atoms with Crippen molar-refractivity contribution >= 4 is 11.9 Å². The number of amides is 1. The first-order valence-electron chi connectivity index (χ1n) is 9.41. The van der Waals surface area contributed by atoms with Gasteiger partial charge in [-0.2, -0.15) is 0 Å². The molecule has 7 heteroatoms. The number of rotatable bonds is 3. The fourth-order valence-corrected chi connectivity index (χ4v) is 4.14. The predicted molar refractivity (Wildman–Crippen MR) is 103 cm³/mol. The van der Waals surface area contributed by atoms with Gasteiger partial charge in [0, 0.05) is 36.3 Å². The van der Waals surface area contributed by atoms with Gasteiger partial charge < -0.3 is 21.1 Å². The molecule has 0 unspecified atom stereocenters. The summed E-state index contributed by atoms with van der Waals surface area (Å²) in [4.78, 5) is 23.6. The Hall–Kier alpha value is -2.67. The normalized spacial score (nSPS) is 21.8. The van der Waals surface area contributed by atoms with Gasteiger partial charge in [-0.05, 0) is 43.4 Å². The van der Waals surface area contributed by atoms with Gasteiger partial charge in [0.1, 0.15) is 11.4 Å². The summed E-state index contributed by atoms with van der Waals surface area (Å²) in [6.45, 7) is 1.08. The van der Waals surface area contributed by atoms with Gasteiger partial charge in [-0.15, -0.1) is 0 Å². The van der Waals surface area contributed by atoms with Crippen molar-refractivity contribution in [3.8, 4) is 5.75 Å². The number of hydrogen-bond acceptors (Lipinski definition) is 6. The predicted octanol–water partition coefficient (Wildman–Crippen LogP) is 1.51. The van der Waals surface area contributed by atoms with Crippen LogP contribution in [0.5, 0.6) is 5.75 Å². The second kappa shape index (κ2) is 7.15. The maximum absolute atomic E-state index is 13.2. The number of aromatic nitrogens is 2. The molecule has 2 atom stereocenters. The molecule has 1 saturated heterocycles. The molecule has 1 aromatic heterocycles. The molecule has 4 N–H and O–H groups in total. The minimum atomic E-state index is -0.114. The second-order valence-electron chi connectivity index (χ2n) is 7.32. The lowest BCUT2D eigenvalue weighted by molar-refractivity contribution is 0.0781. The van der Waals surface area contributed by atoms with Crippen molar-refractivity contribution in [2.24, 2.45) is 5.73 Å². The number of carbonyl (C=O) groups is 1. The van der Waals surface area contributed by atoms with Gasteiger partial charge in [0.2, 0.25) is 5.95 Å². The Morgan fingerprint density at radius 3 is 2.63 bits per heavy atom. The van der Waals surface area contributed by atoms with E-state index < -0.39 is 0 Å². The molecule has 1 fully saturated rings. The number of benzene rings is 1. The van der Waals surface area contributed by atoms with Crippen molar-refractivity contribution in [3.05, 3.63) is 46.8 Å². The van der Waals surface area contributed by atoms with Crippen molar-refractivity contribution in [3.63, 3.8) is 0 Å². The first-order chi connectivity index (χ1) is 13.1. The quantitative estimate of drug-likeness (QED) is 0.851. The number of ether oxygens (including phenoxy) is 1. The number of anilines is 1. The van der Waals surface area contributed by atoms with Crippen LogP contribution in [0.3, 0.4) is 0 Å². The standard InChI is InChI=1S/C20H25N5O2/c1-27-13-8-6-12(7-9-13)15-10-25(11-16(15)21)19(26)18-14-4-2-3-5-17(14)23-20(22)24-18/h6-9,15-16H,2-5,10-11,21H2,1H3,(H2,22,23,24)/t15-,16+/m0/s1. The Morgan fingerprint density at radius 2 is 1.89 bits per heavy atom. The average molecular weight is 367 g/mol. The molecule has 1 aliphatic heterocycles. The summed E-state index contributed by atoms with van der Waals surface area (Å²) in [6.07, 6.45) is 3.81. The third-order valence-electron chi connectivity index (χ3n) is 5.60. The SMILES string of the molecule is COc1ccc([C@@H]2CN(C(=O)c3nc(N)nc4c3CCCC4)C[C@H]2N)cc1. The number of fused-ring (bicyclic) bond motifs is 1. The third kappa shape index (κ3) is 3.35. The van der Waals surface area contributed by atoms with Gasteiger partial charge in [-0.1, -0.05) is 12.1 Å². The molecule has 0 radical (unpaired) electrons. The molecule has 0 bridgehead atoms. The highest BCUT2D eigenvalue weighted by molar-refractivity contribution is 5.94. The highest BCUT2D eigenvalue weighted by atomic mass is 16.5. The molecule has 0 saturated carbocycles. The van der Waals surface area contributed by atoms with Gasteiger partial charge in [0.15, 0.2) is 0 Å². The van der Waals surface area contributed by atoms with E-state index in [1.807, 2.05) is 24.3 Å². The average Bonchev–Trinajstić information content (AvgIpc) is 3.08. The van der Waals surface area contributed by atoms with Crippen LogP contribution in [-0.2, 0) is 12.8 Å². The Bertz CT molecular complexity index is 852. The zero-order valence-electron chi connectivity index (χ0n) is 15.5. The monoisotopic (exact) mass is 367 g/mol. The molecule has 1 aliphatic carbocycles. The van der Waals surface area contributed by atoms with Crippen molar-refractivity contribution in [1.82, 2.24) is 14.9 Å². The summed E-state index contributed by atoms with van der Waals surface area (Å²) >= 11 is 0. The van der Waals surface area contributed by atoms with Crippen molar-refractivity contribution in [2.45, 2.75) is 37.6 Å². The Kier molecular flexibility index (Phi) is 4.70. The van der Waals surface area contributed by atoms with E-state index >= 15 is 0 Å². The summed E-state index contributed by atoms with van der Waals surface area (Å²) in [6, 6.07) is 7.77. The summed E-state index contributed by atoms with van der Waals surface area (Å²) < 4.78 is 5.22. The van der Waals surface area contributed by atoms with Crippen LogP contribution in [-0.4, -0.2) is 47.0 Å². The number of nitrogens with zero attached hydrogens (tertiary/aromatic N) is 3. The first-order valence-corrected chi connectivity index (χ1v) is 9.41. The van der Waals surface area contributed by atoms with Crippen LogP contribution in [0.25, 0.3) is 0 Å². The Balaban J connectivity index is 1.58. The largest absolute Gasteiger partial charge is 0.497 e. The van der Waals surface area contributed by atoms with Crippen LogP contribution in [0, 0.1) is 0 Å². The first kappa shape index (κ1) is 17.7. The van der Waals surface area contributed by atoms with Crippen molar-refractivity contribution < 1.29 is 9.53 Å². The van der Waals surface area contributed by atoms with E-state index in [-0.39, 0.29) is 23.8 Å². The molecule has 7 nitrogen and oxygen atoms in total. The molecule has 4 rings (SSSR count). The summed E-state index contributed by atoms with van der Waals surface area (Å²) in [7, 11) is 1.64. The molecule has 2 heterocycles. The molecule has 1 amide bonds. The smallest absolute Gasteiger partial charge is 0.273 e. The minimum absolute atomic E-state index is 0.0892. The van der Waals surface area contributed by atoms with E-state index in [0.29, 0.717) is 18.8 Å². The lowest BCUT2D eigenvalue weighted by atomic mass is 9.94. The van der Waals surface area contributed by atoms with E-state index in [4.69, 9.17) is 16.2 Å².